The molecule has 0 aliphatic heterocycles. The largest absolute Gasteiger partial charge is 0.491 e. The molecule has 0 unspecified atom stereocenters. The summed E-state index contributed by atoms with van der Waals surface area (Å²) in [6.07, 6.45) is 0.518. The van der Waals surface area contributed by atoms with E-state index in [1.165, 1.54) is 0 Å². The maximum atomic E-state index is 9.25. The van der Waals surface area contributed by atoms with Crippen molar-refractivity contribution in [1.82, 2.24) is 15.0 Å². The van der Waals surface area contributed by atoms with Crippen LogP contribution in [0.2, 0.25) is 0 Å². The minimum Gasteiger partial charge on any atom is -0.491 e. The Labute approximate surface area is 471 Å². The Balaban J connectivity index is 2.11. The summed E-state index contributed by atoms with van der Waals surface area (Å²) in [7, 11) is 0. The van der Waals surface area contributed by atoms with Crippen molar-refractivity contribution in [2.45, 2.75) is 13.0 Å². The van der Waals surface area contributed by atoms with E-state index in [-0.39, 0.29) is 125 Å². The van der Waals surface area contributed by atoms with E-state index in [1.54, 1.807) is 0 Å². The van der Waals surface area contributed by atoms with Gasteiger partial charge in [-0.1, -0.05) is 36.4 Å². The number of nitrogens with zero attached hydrogens (tertiary/aromatic N) is 6. The Morgan fingerprint density at radius 2 is 0.537 bits per heavy atom. The molecular formula is C54H92N6O20. The summed E-state index contributed by atoms with van der Waals surface area (Å²) in [4.78, 5) is 21.6. The van der Waals surface area contributed by atoms with E-state index in [9.17, 15) is 20.4 Å². The van der Waals surface area contributed by atoms with Crippen LogP contribution in [0.5, 0.6) is 11.5 Å². The monoisotopic (exact) mass is 1140 g/mol. The van der Waals surface area contributed by atoms with Crippen LogP contribution in [0.15, 0.2) is 48.5 Å². The van der Waals surface area contributed by atoms with Gasteiger partial charge in [-0.2, -0.15) is 15.0 Å². The van der Waals surface area contributed by atoms with E-state index >= 15 is 0 Å². The minimum absolute atomic E-state index is 0.0509. The summed E-state index contributed by atoms with van der Waals surface area (Å²) in [6, 6.07) is 15.5. The second kappa shape index (κ2) is 50.5. The third kappa shape index (κ3) is 34.2. The number of benzene rings is 2. The van der Waals surface area contributed by atoms with Crippen molar-refractivity contribution in [3.63, 3.8) is 0 Å². The average Bonchev–Trinajstić information content (AvgIpc) is 3.51. The SMILES string of the molecule is OCCOCCOCCOc1ccccc1CCN(CCOCCOCCO)c1nc(N(CCOCCOCCO)CCOCCOCCO)nc(N(CCOCCOCCO)Cc2ccccc2OCCOCCOCCO)n1. The highest BCUT2D eigenvalue weighted by Gasteiger charge is 2.23. The number of ether oxygens (including phenoxy) is 14. The molecule has 0 spiro atoms. The highest BCUT2D eigenvalue weighted by molar-refractivity contribution is 5.48. The number of para-hydroxylation sites is 2. The van der Waals surface area contributed by atoms with Crippen LogP contribution in [0.3, 0.4) is 0 Å². The van der Waals surface area contributed by atoms with Gasteiger partial charge in [0.15, 0.2) is 0 Å². The molecule has 6 N–H and O–H groups in total. The molecule has 3 rings (SSSR count). The first-order valence-corrected chi connectivity index (χ1v) is 27.6. The Hall–Kier alpha value is -4.27. The number of aliphatic hydroxyl groups excluding tert-OH is 6. The van der Waals surface area contributed by atoms with Crippen LogP contribution in [0.4, 0.5) is 17.8 Å². The minimum atomic E-state index is -0.0972. The lowest BCUT2D eigenvalue weighted by Crippen LogP contribution is -2.37. The van der Waals surface area contributed by atoms with Crippen LogP contribution in [0.1, 0.15) is 11.1 Å². The molecule has 458 valence electrons. The second-order valence-electron chi connectivity index (χ2n) is 17.0. The molecule has 0 saturated heterocycles. The van der Waals surface area contributed by atoms with Crippen LogP contribution in [0, 0.1) is 0 Å². The fourth-order valence-electron chi connectivity index (χ4n) is 7.17. The van der Waals surface area contributed by atoms with Crippen molar-refractivity contribution < 1.29 is 97.0 Å². The van der Waals surface area contributed by atoms with Crippen LogP contribution >= 0.6 is 0 Å². The van der Waals surface area contributed by atoms with Crippen molar-refractivity contribution in [3.8, 4) is 11.5 Å². The molecule has 1 heterocycles. The van der Waals surface area contributed by atoms with Crippen LogP contribution < -0.4 is 24.2 Å². The molecule has 0 fully saturated rings. The first-order valence-electron chi connectivity index (χ1n) is 27.6. The Kier molecular flexibility index (Phi) is 44.1. The van der Waals surface area contributed by atoms with Crippen molar-refractivity contribution in [1.29, 1.82) is 0 Å². The summed E-state index contributed by atoms with van der Waals surface area (Å²) in [5.41, 5.74) is 1.78. The molecule has 0 amide bonds. The third-order valence-corrected chi connectivity index (χ3v) is 11.0. The molecule has 0 saturated carbocycles. The molecule has 3 aromatic rings. The van der Waals surface area contributed by atoms with Crippen LogP contribution in [-0.4, -0.2) is 290 Å². The number of aliphatic hydroxyl groups is 6. The van der Waals surface area contributed by atoms with Gasteiger partial charge in [-0.05, 0) is 24.1 Å². The zero-order chi connectivity index (χ0) is 57.0. The van der Waals surface area contributed by atoms with Crippen molar-refractivity contribution in [2.75, 3.05) is 259 Å². The molecule has 80 heavy (non-hydrogen) atoms. The quantitative estimate of drug-likeness (QED) is 0.0394. The van der Waals surface area contributed by atoms with Gasteiger partial charge < -0.3 is 112 Å². The molecule has 0 aliphatic rings. The predicted molar refractivity (Wildman–Crippen MR) is 295 cm³/mol. The van der Waals surface area contributed by atoms with Gasteiger partial charge in [0.2, 0.25) is 17.8 Å². The maximum Gasteiger partial charge on any atom is 0.232 e. The summed E-state index contributed by atoms with van der Waals surface area (Å²) < 4.78 is 80.5. The molecule has 26 heteroatoms. The Morgan fingerprint density at radius 3 is 0.900 bits per heavy atom. The van der Waals surface area contributed by atoms with Gasteiger partial charge in [0.25, 0.3) is 0 Å². The number of aromatic nitrogens is 3. The third-order valence-electron chi connectivity index (χ3n) is 11.0. The highest BCUT2D eigenvalue weighted by Crippen LogP contribution is 2.26. The van der Waals surface area contributed by atoms with Crippen molar-refractivity contribution in [3.05, 3.63) is 59.7 Å². The molecule has 0 radical (unpaired) electrons. The van der Waals surface area contributed by atoms with E-state index in [0.29, 0.717) is 161 Å². The zero-order valence-electron chi connectivity index (χ0n) is 46.8. The van der Waals surface area contributed by atoms with E-state index in [0.717, 1.165) is 11.1 Å². The smallest absolute Gasteiger partial charge is 0.232 e. The summed E-state index contributed by atoms with van der Waals surface area (Å²) >= 11 is 0. The summed E-state index contributed by atoms with van der Waals surface area (Å²) in [5, 5.41) is 54.9. The molecule has 0 aliphatic carbocycles. The van der Waals surface area contributed by atoms with Crippen LogP contribution in [0.25, 0.3) is 0 Å². The van der Waals surface area contributed by atoms with Gasteiger partial charge in [0.05, 0.1) is 198 Å². The van der Waals surface area contributed by atoms with Crippen molar-refractivity contribution >= 4 is 17.8 Å². The summed E-state index contributed by atoms with van der Waals surface area (Å²) in [5.74, 6) is 2.36. The molecule has 0 atom stereocenters. The number of hydrogen-bond donors (Lipinski definition) is 6. The van der Waals surface area contributed by atoms with Gasteiger partial charge in [0.1, 0.15) is 24.7 Å². The molecular weight excluding hydrogens is 1050 g/mol. The molecule has 1 aromatic heterocycles. The maximum absolute atomic E-state index is 9.25. The zero-order valence-corrected chi connectivity index (χ0v) is 46.8. The number of rotatable bonds is 58. The first kappa shape index (κ1) is 70.0. The van der Waals surface area contributed by atoms with Crippen molar-refractivity contribution in [2.24, 2.45) is 0 Å². The first-order chi connectivity index (χ1) is 39.6. The lowest BCUT2D eigenvalue weighted by atomic mass is 10.1. The van der Waals surface area contributed by atoms with E-state index in [2.05, 4.69) is 0 Å². The molecule has 26 nitrogen and oxygen atoms in total. The average molecular weight is 1150 g/mol. The molecule has 2 aromatic carbocycles. The normalized spacial score (nSPS) is 11.4. The predicted octanol–water partition coefficient (Wildman–Crippen LogP) is -0.356. The number of hydrogen-bond acceptors (Lipinski definition) is 26. The van der Waals surface area contributed by atoms with E-state index in [4.69, 9.17) is 91.5 Å². The van der Waals surface area contributed by atoms with E-state index < -0.39 is 0 Å². The van der Waals surface area contributed by atoms with Gasteiger partial charge in [0, 0.05) is 44.8 Å². The fraction of sp³-hybridized carbons (Fsp3) is 0.722. The Morgan fingerprint density at radius 1 is 0.275 bits per heavy atom. The fourth-order valence-corrected chi connectivity index (χ4v) is 7.17. The van der Waals surface area contributed by atoms with Crippen LogP contribution in [-0.2, 0) is 69.8 Å². The van der Waals surface area contributed by atoms with E-state index in [1.807, 2.05) is 63.2 Å². The Bertz CT molecular complexity index is 1850. The van der Waals surface area contributed by atoms with Gasteiger partial charge >= 0.3 is 0 Å². The molecule has 0 bridgehead atoms. The van der Waals surface area contributed by atoms with Gasteiger partial charge in [-0.3, -0.25) is 0 Å². The lowest BCUT2D eigenvalue weighted by Gasteiger charge is -2.30. The summed E-state index contributed by atoms with van der Waals surface area (Å²) in [6.45, 7) is 8.98. The van der Waals surface area contributed by atoms with Gasteiger partial charge in [-0.15, -0.1) is 0 Å². The number of anilines is 3. The highest BCUT2D eigenvalue weighted by atomic mass is 16.6. The topological polar surface area (TPSA) is 299 Å². The van der Waals surface area contributed by atoms with Gasteiger partial charge in [-0.25, -0.2) is 0 Å². The second-order valence-corrected chi connectivity index (χ2v) is 17.0. The standard InChI is InChI=1S/C54H92N6O20/c61-15-25-71-35-31-67-21-11-58(10-9-48-5-1-3-7-50(48)79-45-43-77-41-39-75-29-19-65)52-55-53(59(12-22-68-32-36-72-26-16-62)13-23-69-33-37-73-27-17-63)57-54(56-52)60(14-24-70-34-38-74-28-18-64)47-49-6-2-4-8-51(49)80-46-44-78-42-40-76-30-20-66/h1-8,61-66H,9-47H2. The lowest BCUT2D eigenvalue weighted by molar-refractivity contribution is 0.0246.